The van der Waals surface area contributed by atoms with Crippen molar-refractivity contribution in [3.05, 3.63) is 66.4 Å². The van der Waals surface area contributed by atoms with Crippen LogP contribution >= 0.6 is 0 Å². The van der Waals surface area contributed by atoms with Crippen LogP contribution in [0.2, 0.25) is 0 Å². The first-order chi connectivity index (χ1) is 12.2. The molecule has 0 spiro atoms. The zero-order valence-corrected chi connectivity index (χ0v) is 15.4. The standard InChI is InChI=1S/C23H29NO/c1-5-6-7-8-9-10-19(2)24-18-17-22(20(24)3)14-11-21-12-15-23(25-4)16-13-21/h1,6-9,12-13,15-16,19,22H,3,10-11,14,17-18H2,2,4H3/b7-6-,9-8-/t19-,22?/m0/s1. The third-order valence-electron chi connectivity index (χ3n) is 4.95. The number of ether oxygens (including phenoxy) is 1. The lowest BCUT2D eigenvalue weighted by Gasteiger charge is -2.28. The number of methoxy groups -OCH3 is 1. The molecule has 25 heavy (non-hydrogen) atoms. The number of nitrogens with zero attached hydrogens (tertiary/aromatic N) is 1. The Hall–Kier alpha value is -2.40. The fraction of sp³-hybridized carbons (Fsp3) is 0.391. The van der Waals surface area contributed by atoms with Crippen LogP contribution in [0.4, 0.5) is 0 Å². The summed E-state index contributed by atoms with van der Waals surface area (Å²) in [6.07, 6.45) is 17.5. The Labute approximate surface area is 152 Å². The number of rotatable bonds is 8. The van der Waals surface area contributed by atoms with E-state index >= 15 is 0 Å². The summed E-state index contributed by atoms with van der Waals surface area (Å²) in [4.78, 5) is 2.47. The molecular formula is C23H29NO. The number of hydrogen-bond acceptors (Lipinski definition) is 2. The molecule has 132 valence electrons. The molecule has 1 unspecified atom stereocenters. The summed E-state index contributed by atoms with van der Waals surface area (Å²) in [5.41, 5.74) is 2.66. The maximum Gasteiger partial charge on any atom is 0.118 e. The van der Waals surface area contributed by atoms with E-state index in [9.17, 15) is 0 Å². The summed E-state index contributed by atoms with van der Waals surface area (Å²) in [6, 6.07) is 8.87. The molecule has 0 radical (unpaired) electrons. The van der Waals surface area contributed by atoms with Gasteiger partial charge in [-0.05, 0) is 56.4 Å². The maximum atomic E-state index is 5.22. The summed E-state index contributed by atoms with van der Waals surface area (Å²) in [6.45, 7) is 7.76. The van der Waals surface area contributed by atoms with Crippen LogP contribution < -0.4 is 4.74 Å². The van der Waals surface area contributed by atoms with Gasteiger partial charge >= 0.3 is 0 Å². The molecule has 1 heterocycles. The molecule has 0 aliphatic carbocycles. The topological polar surface area (TPSA) is 12.5 Å². The molecule has 0 N–H and O–H groups in total. The Morgan fingerprint density at radius 1 is 1.36 bits per heavy atom. The number of benzene rings is 1. The average molecular weight is 335 g/mol. The third kappa shape index (κ3) is 5.57. The predicted octanol–water partition coefficient (Wildman–Crippen LogP) is 4.99. The third-order valence-corrected chi connectivity index (χ3v) is 4.95. The van der Waals surface area contributed by atoms with Crippen LogP contribution in [-0.4, -0.2) is 24.6 Å². The molecule has 1 aliphatic heterocycles. The van der Waals surface area contributed by atoms with E-state index in [4.69, 9.17) is 11.2 Å². The van der Waals surface area contributed by atoms with Crippen LogP contribution in [0.15, 0.2) is 60.8 Å². The van der Waals surface area contributed by atoms with E-state index in [0.29, 0.717) is 12.0 Å². The second kappa shape index (κ2) is 9.79. The van der Waals surface area contributed by atoms with Crippen molar-refractivity contribution in [1.82, 2.24) is 4.90 Å². The van der Waals surface area contributed by atoms with Crippen molar-refractivity contribution in [3.63, 3.8) is 0 Å². The minimum Gasteiger partial charge on any atom is -0.497 e. The van der Waals surface area contributed by atoms with Gasteiger partial charge in [0.15, 0.2) is 0 Å². The summed E-state index contributed by atoms with van der Waals surface area (Å²) < 4.78 is 5.22. The molecule has 0 saturated carbocycles. The zero-order valence-electron chi connectivity index (χ0n) is 15.4. The highest BCUT2D eigenvalue weighted by Crippen LogP contribution is 2.32. The molecule has 0 bridgehead atoms. The Morgan fingerprint density at radius 3 is 2.80 bits per heavy atom. The molecule has 1 fully saturated rings. The molecular weight excluding hydrogens is 306 g/mol. The first kappa shape index (κ1) is 18.9. The van der Waals surface area contributed by atoms with Crippen molar-refractivity contribution in [1.29, 1.82) is 0 Å². The summed E-state index contributed by atoms with van der Waals surface area (Å²) >= 11 is 0. The SMILES string of the molecule is C#C/C=C\C=C/C[C@H](C)N1CCC(CCc2ccc(OC)cc2)C1=C. The van der Waals surface area contributed by atoms with E-state index in [0.717, 1.165) is 31.6 Å². The first-order valence-corrected chi connectivity index (χ1v) is 9.02. The fourth-order valence-corrected chi connectivity index (χ4v) is 3.38. The molecule has 1 aliphatic rings. The van der Waals surface area contributed by atoms with Gasteiger partial charge in [-0.2, -0.15) is 0 Å². The van der Waals surface area contributed by atoms with Gasteiger partial charge in [-0.25, -0.2) is 0 Å². The van der Waals surface area contributed by atoms with Crippen molar-refractivity contribution in [2.75, 3.05) is 13.7 Å². The Kier molecular flexibility index (Phi) is 7.41. The van der Waals surface area contributed by atoms with Crippen molar-refractivity contribution in [2.24, 2.45) is 5.92 Å². The maximum absolute atomic E-state index is 5.22. The normalized spacial score (nSPS) is 18.8. The second-order valence-electron chi connectivity index (χ2n) is 6.60. The predicted molar refractivity (Wildman–Crippen MR) is 106 cm³/mol. The zero-order chi connectivity index (χ0) is 18.1. The van der Waals surface area contributed by atoms with Crippen LogP contribution in [0, 0.1) is 18.3 Å². The van der Waals surface area contributed by atoms with Crippen molar-refractivity contribution in [3.8, 4) is 18.1 Å². The van der Waals surface area contributed by atoms with Gasteiger partial charge in [0, 0.05) is 24.2 Å². The molecule has 2 rings (SSSR count). The van der Waals surface area contributed by atoms with E-state index < -0.39 is 0 Å². The monoisotopic (exact) mass is 335 g/mol. The molecule has 0 aromatic heterocycles. The van der Waals surface area contributed by atoms with Crippen molar-refractivity contribution < 1.29 is 4.74 Å². The van der Waals surface area contributed by atoms with Gasteiger partial charge in [0.25, 0.3) is 0 Å². The average Bonchev–Trinajstić information content (AvgIpc) is 3.00. The smallest absolute Gasteiger partial charge is 0.118 e. The van der Waals surface area contributed by atoms with E-state index in [1.54, 1.807) is 13.2 Å². The Balaban J connectivity index is 1.80. The van der Waals surface area contributed by atoms with Gasteiger partial charge in [-0.15, -0.1) is 6.42 Å². The quantitative estimate of drug-likeness (QED) is 0.490. The van der Waals surface area contributed by atoms with Crippen LogP contribution in [0.3, 0.4) is 0 Å². The Bertz CT molecular complexity index is 648. The highest BCUT2D eigenvalue weighted by Gasteiger charge is 2.28. The fourth-order valence-electron chi connectivity index (χ4n) is 3.38. The molecule has 2 nitrogen and oxygen atoms in total. The minimum atomic E-state index is 0.481. The second-order valence-corrected chi connectivity index (χ2v) is 6.60. The lowest BCUT2D eigenvalue weighted by atomic mass is 9.96. The summed E-state index contributed by atoms with van der Waals surface area (Å²) in [5.74, 6) is 4.00. The van der Waals surface area contributed by atoms with Gasteiger partial charge in [-0.1, -0.05) is 42.9 Å². The van der Waals surface area contributed by atoms with Gasteiger partial charge in [0.1, 0.15) is 5.75 Å². The van der Waals surface area contributed by atoms with Gasteiger partial charge in [0.05, 0.1) is 7.11 Å². The van der Waals surface area contributed by atoms with E-state index in [2.05, 4.69) is 42.5 Å². The highest BCUT2D eigenvalue weighted by atomic mass is 16.5. The first-order valence-electron chi connectivity index (χ1n) is 9.02. The molecule has 1 aromatic rings. The number of hydrogen-bond donors (Lipinski definition) is 0. The Morgan fingerprint density at radius 2 is 2.12 bits per heavy atom. The van der Waals surface area contributed by atoms with Gasteiger partial charge in [0.2, 0.25) is 0 Å². The van der Waals surface area contributed by atoms with Crippen LogP contribution in [0.1, 0.15) is 31.7 Å². The number of terminal acetylenes is 1. The van der Waals surface area contributed by atoms with E-state index in [-0.39, 0.29) is 0 Å². The lowest BCUT2D eigenvalue weighted by Crippen LogP contribution is -2.28. The number of allylic oxidation sites excluding steroid dienone is 4. The van der Waals surface area contributed by atoms with Gasteiger partial charge in [-0.3, -0.25) is 0 Å². The molecule has 2 atom stereocenters. The largest absolute Gasteiger partial charge is 0.497 e. The summed E-state index contributed by atoms with van der Waals surface area (Å²) in [5, 5.41) is 0. The van der Waals surface area contributed by atoms with Gasteiger partial charge < -0.3 is 9.64 Å². The molecule has 0 amide bonds. The van der Waals surface area contributed by atoms with E-state index in [1.165, 1.54) is 17.7 Å². The number of aryl methyl sites for hydroxylation is 1. The molecule has 2 heteroatoms. The van der Waals surface area contributed by atoms with Crippen molar-refractivity contribution in [2.45, 2.75) is 38.6 Å². The number of likely N-dealkylation sites (tertiary alicyclic amines) is 1. The van der Waals surface area contributed by atoms with Crippen LogP contribution in [-0.2, 0) is 6.42 Å². The van der Waals surface area contributed by atoms with Crippen LogP contribution in [0.25, 0.3) is 0 Å². The van der Waals surface area contributed by atoms with Crippen LogP contribution in [0.5, 0.6) is 5.75 Å². The molecule has 1 aromatic carbocycles. The minimum absolute atomic E-state index is 0.481. The lowest BCUT2D eigenvalue weighted by molar-refractivity contribution is 0.303. The summed E-state index contributed by atoms with van der Waals surface area (Å²) in [7, 11) is 1.70. The highest BCUT2D eigenvalue weighted by molar-refractivity contribution is 5.27. The van der Waals surface area contributed by atoms with Crippen molar-refractivity contribution >= 4 is 0 Å². The molecule has 1 saturated heterocycles. The van der Waals surface area contributed by atoms with E-state index in [1.807, 2.05) is 24.3 Å².